The highest BCUT2D eigenvalue weighted by Crippen LogP contribution is 2.33. The van der Waals surface area contributed by atoms with Crippen LogP contribution in [0.15, 0.2) is 54.9 Å². The third-order valence-corrected chi connectivity index (χ3v) is 8.53. The fourth-order valence-corrected chi connectivity index (χ4v) is 6.10. The molecule has 6 rings (SSSR count). The Hall–Kier alpha value is -4.26. The molecule has 4 aromatic rings. The average Bonchev–Trinajstić information content (AvgIpc) is 3.46. The van der Waals surface area contributed by atoms with Gasteiger partial charge in [0.2, 0.25) is 5.95 Å². The normalized spacial score (nSPS) is 16.5. The average molecular weight is 605 g/mol. The minimum atomic E-state index is -0.399. The van der Waals surface area contributed by atoms with Crippen LogP contribution in [0.3, 0.4) is 0 Å². The first-order chi connectivity index (χ1) is 20.9. The molecule has 0 aliphatic carbocycles. The third-order valence-electron chi connectivity index (χ3n) is 8.25. The van der Waals surface area contributed by atoms with E-state index in [0.717, 1.165) is 16.5 Å². The van der Waals surface area contributed by atoms with Gasteiger partial charge in [-0.2, -0.15) is 0 Å². The Morgan fingerprint density at radius 3 is 2.63 bits per heavy atom. The maximum Gasteiger partial charge on any atom is 0.292 e. The Kier molecular flexibility index (Phi) is 8.41. The van der Waals surface area contributed by atoms with Crippen molar-refractivity contribution in [3.63, 3.8) is 0 Å². The molecule has 2 aromatic heterocycles. The van der Waals surface area contributed by atoms with E-state index in [-0.39, 0.29) is 24.2 Å². The number of aromatic amines is 1. The zero-order chi connectivity index (χ0) is 29.9. The van der Waals surface area contributed by atoms with E-state index in [1.807, 2.05) is 35.4 Å². The molecule has 2 fully saturated rings. The first-order valence-electron chi connectivity index (χ1n) is 14.4. The lowest BCUT2D eigenvalue weighted by molar-refractivity contribution is -0.384. The summed E-state index contributed by atoms with van der Waals surface area (Å²) in [6.45, 7) is 4.28. The van der Waals surface area contributed by atoms with Crippen molar-refractivity contribution in [2.45, 2.75) is 18.9 Å². The minimum absolute atomic E-state index is 0.00923. The number of nitro groups is 1. The van der Waals surface area contributed by atoms with Crippen molar-refractivity contribution in [2.75, 3.05) is 62.6 Å². The van der Waals surface area contributed by atoms with Gasteiger partial charge in [-0.3, -0.25) is 19.8 Å². The van der Waals surface area contributed by atoms with Gasteiger partial charge in [-0.05, 0) is 31.0 Å². The number of aliphatic hydroxyl groups is 1. The summed E-state index contributed by atoms with van der Waals surface area (Å²) in [5, 5.41) is 25.9. The summed E-state index contributed by atoms with van der Waals surface area (Å²) in [6.07, 6.45) is 4.90. The molecule has 224 valence electrons. The smallest absolute Gasteiger partial charge is 0.292 e. The number of hydrogen-bond acceptors (Lipinski definition) is 9. The lowest BCUT2D eigenvalue weighted by atomic mass is 10.0. The fraction of sp³-hybridized carbons (Fsp3) is 0.367. The van der Waals surface area contributed by atoms with E-state index in [4.69, 9.17) is 16.6 Å². The highest BCUT2D eigenvalue weighted by atomic mass is 35.5. The summed E-state index contributed by atoms with van der Waals surface area (Å²) in [6, 6.07) is 12.7. The van der Waals surface area contributed by atoms with Crippen LogP contribution in [0.1, 0.15) is 23.2 Å². The molecule has 0 atom stereocenters. The number of likely N-dealkylation sites (tertiary alicyclic amines) is 1. The lowest BCUT2D eigenvalue weighted by Crippen LogP contribution is -2.47. The van der Waals surface area contributed by atoms with Gasteiger partial charge in [0.15, 0.2) is 0 Å². The van der Waals surface area contributed by atoms with Crippen molar-refractivity contribution in [2.24, 2.45) is 0 Å². The van der Waals surface area contributed by atoms with Crippen molar-refractivity contribution < 1.29 is 14.8 Å². The number of piperidine rings is 1. The molecule has 13 heteroatoms. The molecule has 0 bridgehead atoms. The standard InChI is InChI=1S/C30H33ClN8O4/c31-24-19-33-30(35-28(24)23-18-32-25-4-2-1-3-22(23)25)34-21-7-9-38(10-8-21)29(41)20-5-6-26(39(42)43)27(17-20)37-13-11-36(12-14-37)15-16-40/h1-6,17-19,21,32,40H,7-16H2,(H,33,34,35). The number of anilines is 2. The van der Waals surface area contributed by atoms with E-state index < -0.39 is 4.92 Å². The van der Waals surface area contributed by atoms with Crippen molar-refractivity contribution in [3.8, 4) is 11.3 Å². The minimum Gasteiger partial charge on any atom is -0.395 e. The molecule has 3 N–H and O–H groups in total. The molecule has 1 amide bonds. The van der Waals surface area contributed by atoms with Gasteiger partial charge in [-0.1, -0.05) is 29.8 Å². The van der Waals surface area contributed by atoms with Crippen molar-refractivity contribution in [3.05, 3.63) is 75.6 Å². The topological polar surface area (TPSA) is 144 Å². The van der Waals surface area contributed by atoms with Gasteiger partial charge in [0, 0.05) is 86.1 Å². The molecule has 0 radical (unpaired) electrons. The van der Waals surface area contributed by atoms with Crippen molar-refractivity contribution in [1.82, 2.24) is 24.8 Å². The molecule has 2 aromatic carbocycles. The van der Waals surface area contributed by atoms with E-state index in [9.17, 15) is 20.0 Å². The van der Waals surface area contributed by atoms with Gasteiger partial charge in [0.05, 0.1) is 28.4 Å². The number of amides is 1. The predicted molar refractivity (Wildman–Crippen MR) is 166 cm³/mol. The Labute approximate surface area is 253 Å². The fourth-order valence-electron chi connectivity index (χ4n) is 5.90. The lowest BCUT2D eigenvalue weighted by Gasteiger charge is -2.36. The second-order valence-corrected chi connectivity index (χ2v) is 11.3. The van der Waals surface area contributed by atoms with Crippen LogP contribution in [0.2, 0.25) is 5.02 Å². The molecule has 2 aliphatic rings. The summed E-state index contributed by atoms with van der Waals surface area (Å²) in [5.41, 5.74) is 3.44. The van der Waals surface area contributed by atoms with Crippen LogP contribution < -0.4 is 10.2 Å². The molecule has 2 aliphatic heterocycles. The van der Waals surface area contributed by atoms with Gasteiger partial charge < -0.3 is 25.2 Å². The monoisotopic (exact) mass is 604 g/mol. The Bertz CT molecular complexity index is 1630. The molecule has 2 saturated heterocycles. The van der Waals surface area contributed by atoms with Crippen LogP contribution >= 0.6 is 11.6 Å². The second kappa shape index (κ2) is 12.5. The SMILES string of the molecule is O=C(c1ccc([N+](=O)[O-])c(N2CCN(CCO)CC2)c1)N1CCC(Nc2ncc(Cl)c(-c3c[nH]c4ccccc34)n2)CC1. The Morgan fingerprint density at radius 2 is 1.88 bits per heavy atom. The van der Waals surface area contributed by atoms with Crippen LogP contribution in [0.25, 0.3) is 22.2 Å². The second-order valence-electron chi connectivity index (χ2n) is 10.9. The number of rotatable bonds is 8. The van der Waals surface area contributed by atoms with Gasteiger partial charge in [-0.25, -0.2) is 9.97 Å². The van der Waals surface area contributed by atoms with Crippen LogP contribution in [0, 0.1) is 10.1 Å². The van der Waals surface area contributed by atoms with E-state index in [1.165, 1.54) is 6.07 Å². The summed E-state index contributed by atoms with van der Waals surface area (Å²) in [5.74, 6) is 0.339. The molecule has 4 heterocycles. The number of nitrogens with zero attached hydrogens (tertiary/aromatic N) is 6. The van der Waals surface area contributed by atoms with E-state index >= 15 is 0 Å². The largest absolute Gasteiger partial charge is 0.395 e. The van der Waals surface area contributed by atoms with E-state index in [0.29, 0.717) is 86.6 Å². The first-order valence-corrected chi connectivity index (χ1v) is 14.8. The van der Waals surface area contributed by atoms with Gasteiger partial charge in [0.1, 0.15) is 5.69 Å². The number of nitrogens with one attached hydrogen (secondary N) is 2. The van der Waals surface area contributed by atoms with Crippen LogP contribution in [-0.2, 0) is 0 Å². The number of carbonyl (C=O) groups excluding carboxylic acids is 1. The number of para-hydroxylation sites is 1. The zero-order valence-corrected chi connectivity index (χ0v) is 24.3. The van der Waals surface area contributed by atoms with Crippen LogP contribution in [0.5, 0.6) is 0 Å². The summed E-state index contributed by atoms with van der Waals surface area (Å²) in [4.78, 5) is 43.1. The number of aromatic nitrogens is 3. The van der Waals surface area contributed by atoms with Gasteiger partial charge in [0.25, 0.3) is 11.6 Å². The highest BCUT2D eigenvalue weighted by molar-refractivity contribution is 6.33. The number of piperazine rings is 1. The van der Waals surface area contributed by atoms with Crippen LogP contribution in [-0.4, -0.2) is 99.2 Å². The zero-order valence-electron chi connectivity index (χ0n) is 23.6. The number of aliphatic hydroxyl groups excluding tert-OH is 1. The quantitative estimate of drug-likeness (QED) is 0.201. The van der Waals surface area contributed by atoms with E-state index in [1.54, 1.807) is 23.2 Å². The van der Waals surface area contributed by atoms with Gasteiger partial charge >= 0.3 is 0 Å². The molecular formula is C30H33ClN8O4. The number of fused-ring (bicyclic) bond motifs is 1. The number of H-pyrrole nitrogens is 1. The van der Waals surface area contributed by atoms with Crippen molar-refractivity contribution >= 4 is 45.7 Å². The number of benzene rings is 2. The van der Waals surface area contributed by atoms with E-state index in [2.05, 4.69) is 20.2 Å². The number of nitro benzene ring substituents is 1. The number of halogens is 1. The molecule has 0 saturated carbocycles. The Balaban J connectivity index is 1.11. The summed E-state index contributed by atoms with van der Waals surface area (Å²) < 4.78 is 0. The molecule has 0 unspecified atom stereocenters. The molecule has 0 spiro atoms. The number of β-amino-alcohol motifs (C(OH)–C–C–N with tert-alkyl or cyclic N) is 1. The molecular weight excluding hydrogens is 572 g/mol. The third kappa shape index (κ3) is 6.12. The predicted octanol–water partition coefficient (Wildman–Crippen LogP) is 4.02. The summed E-state index contributed by atoms with van der Waals surface area (Å²) in [7, 11) is 0. The summed E-state index contributed by atoms with van der Waals surface area (Å²) >= 11 is 6.49. The first kappa shape index (κ1) is 28.8. The van der Waals surface area contributed by atoms with Gasteiger partial charge in [-0.15, -0.1) is 0 Å². The Morgan fingerprint density at radius 1 is 1.12 bits per heavy atom. The number of carbonyl (C=O) groups is 1. The maximum absolute atomic E-state index is 13.5. The molecule has 43 heavy (non-hydrogen) atoms. The number of hydrogen-bond donors (Lipinski definition) is 3. The molecule has 12 nitrogen and oxygen atoms in total. The maximum atomic E-state index is 13.5. The van der Waals surface area contributed by atoms with Crippen LogP contribution in [0.4, 0.5) is 17.3 Å². The van der Waals surface area contributed by atoms with Crippen molar-refractivity contribution in [1.29, 1.82) is 0 Å². The highest BCUT2D eigenvalue weighted by Gasteiger charge is 2.28.